The molecular formula is C19H31NS. The van der Waals surface area contributed by atoms with Crippen molar-refractivity contribution < 1.29 is 0 Å². The van der Waals surface area contributed by atoms with Crippen LogP contribution in [0.2, 0.25) is 0 Å². The summed E-state index contributed by atoms with van der Waals surface area (Å²) in [4.78, 5) is 3.04. The topological polar surface area (TPSA) is 12.0 Å². The number of nitrogens with one attached hydrogen (secondary N) is 1. The molecule has 4 unspecified atom stereocenters. The summed E-state index contributed by atoms with van der Waals surface area (Å²) in [5.41, 5.74) is 0. The Balaban J connectivity index is 1.70. The van der Waals surface area contributed by atoms with Crippen LogP contribution in [0.25, 0.3) is 0 Å². The van der Waals surface area contributed by atoms with Gasteiger partial charge in [-0.3, -0.25) is 0 Å². The van der Waals surface area contributed by atoms with Crippen molar-refractivity contribution in [3.63, 3.8) is 0 Å². The quantitative estimate of drug-likeness (QED) is 0.735. The van der Waals surface area contributed by atoms with Gasteiger partial charge < -0.3 is 5.32 Å². The summed E-state index contributed by atoms with van der Waals surface area (Å²) in [7, 11) is 0. The van der Waals surface area contributed by atoms with Gasteiger partial charge in [-0.05, 0) is 69.0 Å². The largest absolute Gasteiger partial charge is 0.309 e. The maximum absolute atomic E-state index is 3.87. The van der Waals surface area contributed by atoms with E-state index in [1.807, 2.05) is 11.3 Å². The van der Waals surface area contributed by atoms with Gasteiger partial charge in [0.1, 0.15) is 0 Å². The molecule has 2 fully saturated rings. The third-order valence-corrected chi connectivity index (χ3v) is 6.82. The predicted octanol–water partition coefficient (Wildman–Crippen LogP) is 5.70. The van der Waals surface area contributed by atoms with E-state index in [0.29, 0.717) is 6.04 Å². The monoisotopic (exact) mass is 305 g/mol. The fourth-order valence-corrected chi connectivity index (χ4v) is 5.68. The highest BCUT2D eigenvalue weighted by atomic mass is 32.1. The molecule has 0 radical (unpaired) electrons. The first-order valence-electron chi connectivity index (χ1n) is 9.07. The highest BCUT2D eigenvalue weighted by Crippen LogP contribution is 2.46. The molecule has 1 nitrogen and oxygen atoms in total. The number of fused-ring (bicyclic) bond motifs is 1. The van der Waals surface area contributed by atoms with Gasteiger partial charge in [0.25, 0.3) is 0 Å². The summed E-state index contributed by atoms with van der Waals surface area (Å²) in [5, 5.41) is 3.87. The fourth-order valence-electron chi connectivity index (χ4n) is 4.63. The number of hydrogen-bond acceptors (Lipinski definition) is 2. The van der Waals surface area contributed by atoms with Gasteiger partial charge >= 0.3 is 0 Å². The van der Waals surface area contributed by atoms with E-state index < -0.39 is 0 Å². The molecule has 2 saturated carbocycles. The lowest BCUT2D eigenvalue weighted by Gasteiger charge is -2.42. The normalized spacial score (nSPS) is 30.9. The second kappa shape index (κ2) is 7.28. The smallest absolute Gasteiger partial charge is 0.0443 e. The Kier molecular flexibility index (Phi) is 5.39. The van der Waals surface area contributed by atoms with Gasteiger partial charge in [-0.15, -0.1) is 11.3 Å². The summed E-state index contributed by atoms with van der Waals surface area (Å²) in [5.74, 6) is 2.96. The van der Waals surface area contributed by atoms with Crippen molar-refractivity contribution in [2.75, 3.05) is 6.54 Å². The molecule has 2 aliphatic rings. The molecule has 2 heteroatoms. The van der Waals surface area contributed by atoms with E-state index in [0.717, 1.165) is 24.3 Å². The zero-order chi connectivity index (χ0) is 14.7. The van der Waals surface area contributed by atoms with Gasteiger partial charge in [-0.25, -0.2) is 0 Å². The SMILES string of the molecule is CCCNC(c1ccc(C)s1)C1CCC2CCCCC2C1. The van der Waals surface area contributed by atoms with Crippen LogP contribution in [0.15, 0.2) is 12.1 Å². The Morgan fingerprint density at radius 2 is 1.95 bits per heavy atom. The molecule has 1 aromatic heterocycles. The van der Waals surface area contributed by atoms with Crippen molar-refractivity contribution in [3.8, 4) is 0 Å². The van der Waals surface area contributed by atoms with Gasteiger partial charge in [-0.1, -0.05) is 32.6 Å². The average molecular weight is 306 g/mol. The summed E-state index contributed by atoms with van der Waals surface area (Å²) in [6, 6.07) is 5.29. The van der Waals surface area contributed by atoms with Crippen LogP contribution < -0.4 is 5.32 Å². The van der Waals surface area contributed by atoms with Crippen LogP contribution >= 0.6 is 11.3 Å². The summed E-state index contributed by atoms with van der Waals surface area (Å²) < 4.78 is 0. The van der Waals surface area contributed by atoms with E-state index in [9.17, 15) is 0 Å². The number of thiophene rings is 1. The molecule has 0 bridgehead atoms. The summed E-state index contributed by atoms with van der Waals surface area (Å²) in [6.07, 6.45) is 11.6. The highest BCUT2D eigenvalue weighted by molar-refractivity contribution is 7.12. The number of aryl methyl sites for hydroxylation is 1. The lowest BCUT2D eigenvalue weighted by molar-refractivity contribution is 0.110. The van der Waals surface area contributed by atoms with E-state index in [1.54, 1.807) is 4.88 Å². The molecule has 0 aliphatic heterocycles. The third kappa shape index (κ3) is 3.71. The molecule has 0 aromatic carbocycles. The van der Waals surface area contributed by atoms with E-state index >= 15 is 0 Å². The zero-order valence-corrected chi connectivity index (χ0v) is 14.6. The Morgan fingerprint density at radius 3 is 2.67 bits per heavy atom. The third-order valence-electron chi connectivity index (χ3n) is 5.73. The first kappa shape index (κ1) is 15.6. The van der Waals surface area contributed by atoms with Crippen LogP contribution in [0.1, 0.15) is 74.1 Å². The summed E-state index contributed by atoms with van der Waals surface area (Å²) >= 11 is 2.01. The van der Waals surface area contributed by atoms with Crippen molar-refractivity contribution in [2.45, 2.75) is 71.3 Å². The second-order valence-corrected chi connectivity index (χ2v) is 8.58. The molecule has 1 aromatic rings. The van der Waals surface area contributed by atoms with Gasteiger partial charge in [0.15, 0.2) is 0 Å². The minimum Gasteiger partial charge on any atom is -0.309 e. The van der Waals surface area contributed by atoms with Crippen molar-refractivity contribution in [2.24, 2.45) is 17.8 Å². The van der Waals surface area contributed by atoms with Gasteiger partial charge in [-0.2, -0.15) is 0 Å². The standard InChI is InChI=1S/C19H31NS/c1-3-12-20-19(18-11-8-14(2)21-18)17-10-9-15-6-4-5-7-16(15)13-17/h8,11,15-17,19-20H,3-7,9-10,12-13H2,1-2H3. The lowest BCUT2D eigenvalue weighted by Crippen LogP contribution is -2.35. The Morgan fingerprint density at radius 1 is 1.14 bits per heavy atom. The maximum atomic E-state index is 3.87. The van der Waals surface area contributed by atoms with Crippen molar-refractivity contribution >= 4 is 11.3 Å². The van der Waals surface area contributed by atoms with Crippen LogP contribution in [0.4, 0.5) is 0 Å². The molecule has 0 amide bonds. The second-order valence-electron chi connectivity index (χ2n) is 7.26. The van der Waals surface area contributed by atoms with Crippen LogP contribution in [-0.2, 0) is 0 Å². The lowest BCUT2D eigenvalue weighted by atomic mass is 9.66. The number of rotatable bonds is 5. The molecule has 1 N–H and O–H groups in total. The van der Waals surface area contributed by atoms with Gasteiger partial charge in [0.05, 0.1) is 0 Å². The van der Waals surface area contributed by atoms with Crippen LogP contribution in [0.3, 0.4) is 0 Å². The number of hydrogen-bond donors (Lipinski definition) is 1. The first-order chi connectivity index (χ1) is 10.3. The molecule has 1 heterocycles. The van der Waals surface area contributed by atoms with Crippen LogP contribution in [-0.4, -0.2) is 6.54 Å². The average Bonchev–Trinajstić information content (AvgIpc) is 2.94. The Hall–Kier alpha value is -0.340. The molecule has 4 atom stereocenters. The highest BCUT2D eigenvalue weighted by Gasteiger charge is 2.36. The Labute approximate surface area is 134 Å². The molecule has 2 aliphatic carbocycles. The van der Waals surface area contributed by atoms with Crippen molar-refractivity contribution in [1.29, 1.82) is 0 Å². The molecule has 3 rings (SSSR count). The van der Waals surface area contributed by atoms with Crippen molar-refractivity contribution in [1.82, 2.24) is 5.32 Å². The van der Waals surface area contributed by atoms with E-state index in [2.05, 4.69) is 31.3 Å². The van der Waals surface area contributed by atoms with Crippen molar-refractivity contribution in [3.05, 3.63) is 21.9 Å². The van der Waals surface area contributed by atoms with Gasteiger partial charge in [0, 0.05) is 15.8 Å². The predicted molar refractivity (Wildman–Crippen MR) is 92.9 cm³/mol. The first-order valence-corrected chi connectivity index (χ1v) is 9.89. The molecule has 0 saturated heterocycles. The Bertz CT molecular complexity index is 439. The van der Waals surface area contributed by atoms with E-state index in [4.69, 9.17) is 0 Å². The molecule has 0 spiro atoms. The van der Waals surface area contributed by atoms with Crippen LogP contribution in [0, 0.1) is 24.7 Å². The van der Waals surface area contributed by atoms with E-state index in [-0.39, 0.29) is 0 Å². The zero-order valence-electron chi connectivity index (χ0n) is 13.7. The van der Waals surface area contributed by atoms with Gasteiger partial charge in [0.2, 0.25) is 0 Å². The van der Waals surface area contributed by atoms with Crippen LogP contribution in [0.5, 0.6) is 0 Å². The minimum atomic E-state index is 0.617. The summed E-state index contributed by atoms with van der Waals surface area (Å²) in [6.45, 7) is 5.68. The molecule has 118 valence electrons. The van der Waals surface area contributed by atoms with E-state index in [1.165, 1.54) is 56.2 Å². The molecule has 21 heavy (non-hydrogen) atoms. The molecular weight excluding hydrogens is 274 g/mol. The maximum Gasteiger partial charge on any atom is 0.0443 e. The minimum absolute atomic E-state index is 0.617. The fraction of sp³-hybridized carbons (Fsp3) is 0.789.